The van der Waals surface area contributed by atoms with Gasteiger partial charge < -0.3 is 4.90 Å². The zero-order valence-electron chi connectivity index (χ0n) is 15.6. The molecule has 26 heavy (non-hydrogen) atoms. The van der Waals surface area contributed by atoms with Crippen LogP contribution in [0.4, 0.5) is 4.39 Å². The third-order valence-corrected chi connectivity index (χ3v) is 5.19. The molecule has 1 N–H and O–H groups in total. The molecular formula is C20H27FN4O. The number of hydrogen-bond donors (Lipinski definition) is 1. The van der Waals surface area contributed by atoms with Gasteiger partial charge >= 0.3 is 0 Å². The topological polar surface area (TPSA) is 52.2 Å². The number of nitrogens with zero attached hydrogens (tertiary/aromatic N) is 3. The van der Waals surface area contributed by atoms with Crippen LogP contribution in [0, 0.1) is 19.7 Å². The SMILES string of the molecule is Cc1[nH]nc(CCC(=O)N2CCCN(Cc3ccc(F)cc3)CC2)c1C. The summed E-state index contributed by atoms with van der Waals surface area (Å²) in [6, 6.07) is 6.66. The minimum Gasteiger partial charge on any atom is -0.341 e. The Morgan fingerprint density at radius 3 is 2.62 bits per heavy atom. The molecule has 1 amide bonds. The van der Waals surface area contributed by atoms with Gasteiger partial charge in [0.2, 0.25) is 5.91 Å². The third-order valence-electron chi connectivity index (χ3n) is 5.19. The highest BCUT2D eigenvalue weighted by atomic mass is 19.1. The summed E-state index contributed by atoms with van der Waals surface area (Å²) in [4.78, 5) is 16.9. The molecule has 1 aliphatic rings. The molecule has 6 heteroatoms. The summed E-state index contributed by atoms with van der Waals surface area (Å²) in [6.45, 7) is 8.20. The molecule has 0 bridgehead atoms. The van der Waals surface area contributed by atoms with E-state index >= 15 is 0 Å². The zero-order valence-corrected chi connectivity index (χ0v) is 15.6. The fourth-order valence-corrected chi connectivity index (χ4v) is 3.39. The molecule has 0 radical (unpaired) electrons. The van der Waals surface area contributed by atoms with Gasteiger partial charge in [0, 0.05) is 51.3 Å². The van der Waals surface area contributed by atoms with E-state index in [9.17, 15) is 9.18 Å². The van der Waals surface area contributed by atoms with Crippen molar-refractivity contribution >= 4 is 5.91 Å². The molecule has 0 spiro atoms. The number of amides is 1. The molecule has 2 aromatic rings. The molecule has 0 aliphatic carbocycles. The molecule has 1 fully saturated rings. The van der Waals surface area contributed by atoms with Crippen LogP contribution in [0.3, 0.4) is 0 Å². The molecule has 1 aliphatic heterocycles. The van der Waals surface area contributed by atoms with Crippen LogP contribution in [0.5, 0.6) is 0 Å². The predicted molar refractivity (Wildman–Crippen MR) is 99.3 cm³/mol. The van der Waals surface area contributed by atoms with E-state index < -0.39 is 0 Å². The van der Waals surface area contributed by atoms with Gasteiger partial charge in [-0.15, -0.1) is 0 Å². The van der Waals surface area contributed by atoms with Crippen molar-refractivity contribution in [1.29, 1.82) is 0 Å². The van der Waals surface area contributed by atoms with Gasteiger partial charge in [-0.05, 0) is 43.5 Å². The second kappa shape index (κ2) is 8.45. The lowest BCUT2D eigenvalue weighted by Crippen LogP contribution is -2.35. The normalized spacial score (nSPS) is 15.9. The van der Waals surface area contributed by atoms with Gasteiger partial charge in [0.25, 0.3) is 0 Å². The van der Waals surface area contributed by atoms with Crippen molar-refractivity contribution in [2.75, 3.05) is 26.2 Å². The number of nitrogens with one attached hydrogen (secondary N) is 1. The van der Waals surface area contributed by atoms with Crippen molar-refractivity contribution in [3.63, 3.8) is 0 Å². The fourth-order valence-electron chi connectivity index (χ4n) is 3.39. The Balaban J connectivity index is 1.48. The minimum atomic E-state index is -0.205. The van der Waals surface area contributed by atoms with Crippen LogP contribution in [0.15, 0.2) is 24.3 Å². The quantitative estimate of drug-likeness (QED) is 0.894. The van der Waals surface area contributed by atoms with Gasteiger partial charge in [0.1, 0.15) is 5.82 Å². The average molecular weight is 358 g/mol. The smallest absolute Gasteiger partial charge is 0.223 e. The van der Waals surface area contributed by atoms with Crippen molar-refractivity contribution in [2.45, 2.75) is 39.7 Å². The molecule has 1 saturated heterocycles. The maximum atomic E-state index is 13.0. The molecule has 5 nitrogen and oxygen atoms in total. The summed E-state index contributed by atoms with van der Waals surface area (Å²) in [5, 5.41) is 7.26. The molecule has 140 valence electrons. The monoisotopic (exact) mass is 358 g/mol. The Kier molecular flexibility index (Phi) is 6.04. The third kappa shape index (κ3) is 4.69. The highest BCUT2D eigenvalue weighted by Gasteiger charge is 2.19. The number of benzene rings is 1. The largest absolute Gasteiger partial charge is 0.341 e. The van der Waals surface area contributed by atoms with Crippen LogP contribution in [-0.4, -0.2) is 52.1 Å². The number of H-pyrrole nitrogens is 1. The van der Waals surface area contributed by atoms with Crippen LogP contribution in [-0.2, 0) is 17.8 Å². The van der Waals surface area contributed by atoms with E-state index in [0.717, 1.165) is 61.7 Å². The van der Waals surface area contributed by atoms with Crippen LogP contribution in [0.1, 0.15) is 35.4 Å². The molecular weight excluding hydrogens is 331 g/mol. The lowest BCUT2D eigenvalue weighted by Gasteiger charge is -2.22. The summed E-state index contributed by atoms with van der Waals surface area (Å²) in [5.41, 5.74) is 4.32. The number of hydrogen-bond acceptors (Lipinski definition) is 3. The van der Waals surface area contributed by atoms with E-state index in [1.807, 2.05) is 30.9 Å². The number of aromatic nitrogens is 2. The average Bonchev–Trinajstić information content (AvgIpc) is 2.83. The lowest BCUT2D eigenvalue weighted by molar-refractivity contribution is -0.131. The van der Waals surface area contributed by atoms with E-state index in [2.05, 4.69) is 15.1 Å². The Morgan fingerprint density at radius 1 is 1.15 bits per heavy atom. The fraction of sp³-hybridized carbons (Fsp3) is 0.500. The number of rotatable bonds is 5. The maximum Gasteiger partial charge on any atom is 0.223 e. The molecule has 0 saturated carbocycles. The van der Waals surface area contributed by atoms with Gasteiger partial charge in [-0.2, -0.15) is 5.10 Å². The van der Waals surface area contributed by atoms with Crippen LogP contribution in [0.25, 0.3) is 0 Å². The number of halogens is 1. The Morgan fingerprint density at radius 2 is 1.92 bits per heavy atom. The lowest BCUT2D eigenvalue weighted by atomic mass is 10.1. The zero-order chi connectivity index (χ0) is 18.5. The van der Waals surface area contributed by atoms with Gasteiger partial charge in [0.15, 0.2) is 0 Å². The molecule has 0 unspecified atom stereocenters. The first kappa shape index (κ1) is 18.6. The second-order valence-electron chi connectivity index (χ2n) is 7.06. The molecule has 1 aromatic heterocycles. The highest BCUT2D eigenvalue weighted by Crippen LogP contribution is 2.13. The van der Waals surface area contributed by atoms with Gasteiger partial charge in [0.05, 0.1) is 5.69 Å². The van der Waals surface area contributed by atoms with Crippen LogP contribution < -0.4 is 0 Å². The summed E-state index contributed by atoms with van der Waals surface area (Å²) in [5.74, 6) is -0.00239. The summed E-state index contributed by atoms with van der Waals surface area (Å²) >= 11 is 0. The van der Waals surface area contributed by atoms with E-state index in [-0.39, 0.29) is 11.7 Å². The van der Waals surface area contributed by atoms with E-state index in [4.69, 9.17) is 0 Å². The van der Waals surface area contributed by atoms with Crippen LogP contribution >= 0.6 is 0 Å². The summed E-state index contributed by atoms with van der Waals surface area (Å²) < 4.78 is 13.0. The van der Waals surface area contributed by atoms with Gasteiger partial charge in [-0.3, -0.25) is 14.8 Å². The van der Waals surface area contributed by atoms with Gasteiger partial charge in [-0.1, -0.05) is 12.1 Å². The summed E-state index contributed by atoms with van der Waals surface area (Å²) in [7, 11) is 0. The molecule has 3 rings (SSSR count). The van der Waals surface area contributed by atoms with E-state index in [1.54, 1.807) is 0 Å². The summed E-state index contributed by atoms with van der Waals surface area (Å²) in [6.07, 6.45) is 2.15. The maximum absolute atomic E-state index is 13.0. The molecule has 2 heterocycles. The van der Waals surface area contributed by atoms with Crippen molar-refractivity contribution in [3.8, 4) is 0 Å². The Bertz CT molecular complexity index is 741. The number of aryl methyl sites for hydroxylation is 2. The standard InChI is InChI=1S/C20H27FN4O/c1-15-16(2)22-23-19(15)8-9-20(26)25-11-3-10-24(12-13-25)14-17-4-6-18(21)7-5-17/h4-7H,3,8-14H2,1-2H3,(H,22,23). The predicted octanol–water partition coefficient (Wildman–Crippen LogP) is 2.83. The van der Waals surface area contributed by atoms with Gasteiger partial charge in [-0.25, -0.2) is 4.39 Å². The second-order valence-corrected chi connectivity index (χ2v) is 7.06. The number of carbonyl (C=O) groups excluding carboxylic acids is 1. The first-order chi connectivity index (χ1) is 12.5. The Hall–Kier alpha value is -2.21. The molecule has 1 aromatic carbocycles. The number of aromatic amines is 1. The first-order valence-electron chi connectivity index (χ1n) is 9.28. The van der Waals surface area contributed by atoms with E-state index in [0.29, 0.717) is 12.8 Å². The van der Waals surface area contributed by atoms with Crippen LogP contribution in [0.2, 0.25) is 0 Å². The number of carbonyl (C=O) groups is 1. The first-order valence-corrected chi connectivity index (χ1v) is 9.28. The minimum absolute atomic E-state index is 0.202. The van der Waals surface area contributed by atoms with Crippen molar-refractivity contribution in [1.82, 2.24) is 20.0 Å². The van der Waals surface area contributed by atoms with Crippen molar-refractivity contribution < 1.29 is 9.18 Å². The van der Waals surface area contributed by atoms with Crippen molar-refractivity contribution in [3.05, 3.63) is 52.6 Å². The molecule has 0 atom stereocenters. The highest BCUT2D eigenvalue weighted by molar-refractivity contribution is 5.76. The Labute approximate surface area is 154 Å². The van der Waals surface area contributed by atoms with E-state index in [1.165, 1.54) is 12.1 Å². The van der Waals surface area contributed by atoms with Crippen molar-refractivity contribution in [2.24, 2.45) is 0 Å².